The molecule has 0 aliphatic carbocycles. The van der Waals surface area contributed by atoms with Crippen LogP contribution < -0.4 is 5.32 Å². The van der Waals surface area contributed by atoms with Gasteiger partial charge in [0.25, 0.3) is 0 Å². The maximum atomic E-state index is 5.35. The van der Waals surface area contributed by atoms with Crippen molar-refractivity contribution in [1.82, 2.24) is 5.32 Å². The lowest BCUT2D eigenvalue weighted by atomic mass is 9.88. The molecule has 19 heavy (non-hydrogen) atoms. The zero-order chi connectivity index (χ0) is 13.7. The van der Waals surface area contributed by atoms with Crippen LogP contribution in [0.1, 0.15) is 25.8 Å². The molecule has 1 atom stereocenters. The predicted molar refractivity (Wildman–Crippen MR) is 89.5 cm³/mol. The first-order valence-corrected chi connectivity index (χ1v) is 7.80. The third-order valence-corrected chi connectivity index (χ3v) is 5.09. The average Bonchev–Trinajstić information content (AvgIpc) is 2.84. The molecule has 1 N–H and O–H groups in total. The van der Waals surface area contributed by atoms with Crippen LogP contribution in [0.25, 0.3) is 0 Å². The Bertz CT molecular complexity index is 505. The minimum atomic E-state index is -0.0490. The summed E-state index contributed by atoms with van der Waals surface area (Å²) in [5, 5.41) is 3.33. The van der Waals surface area contributed by atoms with Gasteiger partial charge in [0.15, 0.2) is 0 Å². The van der Waals surface area contributed by atoms with Crippen molar-refractivity contribution in [3.05, 3.63) is 59.7 Å². The minimum absolute atomic E-state index is 0.0490. The Morgan fingerprint density at radius 2 is 2.16 bits per heavy atom. The van der Waals surface area contributed by atoms with Crippen LogP contribution in [-0.4, -0.2) is 10.9 Å². The quantitative estimate of drug-likeness (QED) is 0.651. The van der Waals surface area contributed by atoms with E-state index in [4.69, 9.17) is 12.2 Å². The van der Waals surface area contributed by atoms with Crippen LogP contribution in [-0.2, 0) is 4.75 Å². The standard InChI is InChI=1S/C16H19NS2/c1-3-5-9-13(4-2)16(12-17-15(18)19-16)14-10-7-6-8-11-14/h3,5-11H,4,12H2,1-2H3,(H,17,18)/b5-3-,13-9+. The molecule has 0 amide bonds. The fourth-order valence-electron chi connectivity index (χ4n) is 2.41. The number of hydrogen-bond acceptors (Lipinski definition) is 2. The van der Waals surface area contributed by atoms with Gasteiger partial charge in [-0.3, -0.25) is 0 Å². The molecule has 1 saturated heterocycles. The number of rotatable bonds is 4. The molecule has 0 bridgehead atoms. The van der Waals surface area contributed by atoms with Gasteiger partial charge < -0.3 is 5.32 Å². The lowest BCUT2D eigenvalue weighted by Crippen LogP contribution is -2.29. The number of thiocarbonyl (C=S) groups is 1. The van der Waals surface area contributed by atoms with Crippen molar-refractivity contribution >= 4 is 28.3 Å². The van der Waals surface area contributed by atoms with E-state index in [1.54, 1.807) is 11.8 Å². The van der Waals surface area contributed by atoms with Crippen LogP contribution in [0.2, 0.25) is 0 Å². The summed E-state index contributed by atoms with van der Waals surface area (Å²) in [5.41, 5.74) is 2.74. The summed E-state index contributed by atoms with van der Waals surface area (Å²) in [6.45, 7) is 5.13. The molecule has 100 valence electrons. The van der Waals surface area contributed by atoms with Gasteiger partial charge >= 0.3 is 0 Å². The molecule has 0 aromatic heterocycles. The molecule has 1 nitrogen and oxygen atoms in total. The van der Waals surface area contributed by atoms with Crippen LogP contribution in [0.3, 0.4) is 0 Å². The fraction of sp³-hybridized carbons (Fsp3) is 0.312. The molecular formula is C16H19NS2. The van der Waals surface area contributed by atoms with Crippen LogP contribution in [0.5, 0.6) is 0 Å². The van der Waals surface area contributed by atoms with Gasteiger partial charge in [0.1, 0.15) is 4.32 Å². The summed E-state index contributed by atoms with van der Waals surface area (Å²) in [7, 11) is 0. The first-order valence-electron chi connectivity index (χ1n) is 6.57. The second-order valence-electron chi connectivity index (χ2n) is 4.51. The van der Waals surface area contributed by atoms with E-state index < -0.39 is 0 Å². The molecule has 0 saturated carbocycles. The van der Waals surface area contributed by atoms with Crippen molar-refractivity contribution in [3.8, 4) is 0 Å². The van der Waals surface area contributed by atoms with Crippen molar-refractivity contribution < 1.29 is 0 Å². The zero-order valence-electron chi connectivity index (χ0n) is 11.3. The van der Waals surface area contributed by atoms with E-state index in [2.05, 4.69) is 60.8 Å². The van der Waals surface area contributed by atoms with Crippen LogP contribution in [0.4, 0.5) is 0 Å². The third-order valence-electron chi connectivity index (χ3n) is 3.38. The summed E-state index contributed by atoms with van der Waals surface area (Å²) in [4.78, 5) is 0. The number of allylic oxidation sites excluding steroid dienone is 3. The molecule has 1 aliphatic rings. The van der Waals surface area contributed by atoms with E-state index >= 15 is 0 Å². The summed E-state index contributed by atoms with van der Waals surface area (Å²) < 4.78 is 0.843. The minimum Gasteiger partial charge on any atom is -0.369 e. The molecule has 0 radical (unpaired) electrons. The molecule has 1 aromatic rings. The largest absolute Gasteiger partial charge is 0.369 e. The Morgan fingerprint density at radius 1 is 1.42 bits per heavy atom. The second-order valence-corrected chi connectivity index (χ2v) is 6.48. The van der Waals surface area contributed by atoms with Gasteiger partial charge in [-0.1, -0.05) is 79.5 Å². The smallest absolute Gasteiger partial charge is 0.135 e. The van der Waals surface area contributed by atoms with Gasteiger partial charge in [0.2, 0.25) is 0 Å². The van der Waals surface area contributed by atoms with Crippen LogP contribution in [0.15, 0.2) is 54.1 Å². The molecule has 3 heteroatoms. The van der Waals surface area contributed by atoms with E-state index in [1.165, 1.54) is 11.1 Å². The number of hydrogen-bond donors (Lipinski definition) is 1. The van der Waals surface area contributed by atoms with Crippen molar-refractivity contribution in [3.63, 3.8) is 0 Å². The van der Waals surface area contributed by atoms with E-state index in [-0.39, 0.29) is 4.75 Å². The first kappa shape index (κ1) is 14.4. The van der Waals surface area contributed by atoms with E-state index in [9.17, 15) is 0 Å². The van der Waals surface area contributed by atoms with Gasteiger partial charge in [0, 0.05) is 6.54 Å². The van der Waals surface area contributed by atoms with Crippen LogP contribution >= 0.6 is 24.0 Å². The molecule has 0 spiro atoms. The lowest BCUT2D eigenvalue weighted by Gasteiger charge is -2.30. The average molecular weight is 289 g/mol. The zero-order valence-corrected chi connectivity index (χ0v) is 13.0. The Kier molecular flexibility index (Phi) is 4.83. The Labute approximate surface area is 125 Å². The van der Waals surface area contributed by atoms with Crippen molar-refractivity contribution in [1.29, 1.82) is 0 Å². The number of benzene rings is 1. The first-order chi connectivity index (χ1) is 9.23. The molecule has 1 heterocycles. The molecule has 2 rings (SSSR count). The van der Waals surface area contributed by atoms with E-state index in [1.807, 2.05) is 6.92 Å². The molecule has 1 aliphatic heterocycles. The maximum Gasteiger partial charge on any atom is 0.135 e. The van der Waals surface area contributed by atoms with E-state index in [0.717, 1.165) is 17.3 Å². The molecule has 1 aromatic carbocycles. The Hall–Kier alpha value is -1.06. The highest BCUT2D eigenvalue weighted by Gasteiger charge is 2.41. The highest BCUT2D eigenvalue weighted by molar-refractivity contribution is 8.24. The van der Waals surface area contributed by atoms with Gasteiger partial charge in [-0.2, -0.15) is 0 Å². The molecular weight excluding hydrogens is 270 g/mol. The lowest BCUT2D eigenvalue weighted by molar-refractivity contribution is 0.688. The second kappa shape index (κ2) is 6.40. The Morgan fingerprint density at radius 3 is 2.68 bits per heavy atom. The van der Waals surface area contributed by atoms with Crippen LogP contribution in [0, 0.1) is 0 Å². The third kappa shape index (κ3) is 2.93. The van der Waals surface area contributed by atoms with Gasteiger partial charge in [0.05, 0.1) is 4.75 Å². The maximum absolute atomic E-state index is 5.35. The monoisotopic (exact) mass is 289 g/mol. The SMILES string of the molecule is C/C=C\C=C(/CC)C1(c2ccccc2)CNC(=S)S1. The van der Waals surface area contributed by atoms with Crippen molar-refractivity contribution in [2.45, 2.75) is 25.0 Å². The number of nitrogens with one attached hydrogen (secondary N) is 1. The predicted octanol–water partition coefficient (Wildman–Crippen LogP) is 4.42. The molecule has 1 unspecified atom stereocenters. The normalized spacial score (nSPS) is 23.9. The summed E-state index contributed by atoms with van der Waals surface area (Å²) in [6, 6.07) is 10.7. The van der Waals surface area contributed by atoms with Gasteiger partial charge in [-0.15, -0.1) is 0 Å². The van der Waals surface area contributed by atoms with Gasteiger partial charge in [-0.05, 0) is 24.5 Å². The van der Waals surface area contributed by atoms with Crippen molar-refractivity contribution in [2.75, 3.05) is 6.54 Å². The fourth-order valence-corrected chi connectivity index (χ4v) is 4.11. The molecule has 1 fully saturated rings. The summed E-state index contributed by atoms with van der Waals surface area (Å²) >= 11 is 7.12. The summed E-state index contributed by atoms with van der Waals surface area (Å²) in [6.07, 6.45) is 7.44. The topological polar surface area (TPSA) is 12.0 Å². The summed E-state index contributed by atoms with van der Waals surface area (Å²) in [5.74, 6) is 0. The van der Waals surface area contributed by atoms with Crippen molar-refractivity contribution in [2.24, 2.45) is 0 Å². The highest BCUT2D eigenvalue weighted by Crippen LogP contribution is 2.47. The Balaban J connectivity index is 2.49. The number of thioether (sulfide) groups is 1. The van der Waals surface area contributed by atoms with E-state index in [0.29, 0.717) is 0 Å². The van der Waals surface area contributed by atoms with Gasteiger partial charge in [-0.25, -0.2) is 0 Å². The highest BCUT2D eigenvalue weighted by atomic mass is 32.2.